The maximum absolute atomic E-state index is 13.4. The van der Waals surface area contributed by atoms with Gasteiger partial charge in [-0.05, 0) is 37.1 Å². The van der Waals surface area contributed by atoms with Crippen LogP contribution in [0.1, 0.15) is 25.0 Å². The molecule has 0 N–H and O–H groups in total. The minimum atomic E-state index is -0.684. The van der Waals surface area contributed by atoms with E-state index in [4.69, 9.17) is 9.47 Å². The Kier molecular flexibility index (Phi) is 9.54. The van der Waals surface area contributed by atoms with E-state index >= 15 is 0 Å². The quantitative estimate of drug-likeness (QED) is 0.176. The highest BCUT2D eigenvalue weighted by molar-refractivity contribution is 6.15. The second kappa shape index (κ2) is 13.4. The molecule has 0 spiro atoms. The van der Waals surface area contributed by atoms with Crippen LogP contribution in [0.15, 0.2) is 102 Å². The SMILES string of the molecule is CCOC(=O)C(C(=O)OCC)=C1N(Cc2ccccc2)CCN(Cc2ccccc2)CN1c1ccccc1. The number of esters is 2. The molecule has 198 valence electrons. The van der Waals surface area contributed by atoms with Gasteiger partial charge in [0.25, 0.3) is 0 Å². The third-order valence-electron chi connectivity index (χ3n) is 6.30. The molecular weight excluding hydrogens is 478 g/mol. The fourth-order valence-corrected chi connectivity index (χ4v) is 4.58. The zero-order chi connectivity index (χ0) is 26.7. The Morgan fingerprint density at radius 1 is 0.684 bits per heavy atom. The number of para-hydroxylation sites is 1. The molecule has 1 aliphatic heterocycles. The Morgan fingerprint density at radius 2 is 1.18 bits per heavy atom. The van der Waals surface area contributed by atoms with Crippen LogP contribution in [0.25, 0.3) is 0 Å². The number of benzene rings is 3. The predicted molar refractivity (Wildman–Crippen MR) is 148 cm³/mol. The highest BCUT2D eigenvalue weighted by Gasteiger charge is 2.35. The third kappa shape index (κ3) is 6.81. The fourth-order valence-electron chi connectivity index (χ4n) is 4.58. The molecule has 0 bridgehead atoms. The third-order valence-corrected chi connectivity index (χ3v) is 6.30. The molecule has 3 aromatic rings. The summed E-state index contributed by atoms with van der Waals surface area (Å²) in [5.74, 6) is -0.875. The number of nitrogens with zero attached hydrogens (tertiary/aromatic N) is 3. The molecule has 1 heterocycles. The summed E-state index contributed by atoms with van der Waals surface area (Å²) >= 11 is 0. The Labute approximate surface area is 224 Å². The van der Waals surface area contributed by atoms with Crippen LogP contribution in [0.4, 0.5) is 5.69 Å². The molecular formula is C31H35N3O4. The second-order valence-corrected chi connectivity index (χ2v) is 8.99. The summed E-state index contributed by atoms with van der Waals surface area (Å²) in [5, 5.41) is 0. The molecule has 1 fully saturated rings. The molecule has 0 radical (unpaired) electrons. The van der Waals surface area contributed by atoms with Gasteiger partial charge in [-0.25, -0.2) is 9.59 Å². The summed E-state index contributed by atoms with van der Waals surface area (Å²) in [4.78, 5) is 33.2. The Morgan fingerprint density at radius 3 is 1.71 bits per heavy atom. The van der Waals surface area contributed by atoms with E-state index in [0.717, 1.165) is 24.3 Å². The first-order valence-corrected chi connectivity index (χ1v) is 13.1. The number of hydrogen-bond acceptors (Lipinski definition) is 7. The number of anilines is 1. The lowest BCUT2D eigenvalue weighted by Gasteiger charge is -2.35. The van der Waals surface area contributed by atoms with E-state index in [2.05, 4.69) is 21.9 Å². The van der Waals surface area contributed by atoms with Gasteiger partial charge in [0.1, 0.15) is 5.82 Å². The molecule has 0 aromatic heterocycles. The summed E-state index contributed by atoms with van der Waals surface area (Å²) in [6.07, 6.45) is 0. The minimum Gasteiger partial charge on any atom is -0.462 e. The first-order valence-electron chi connectivity index (χ1n) is 13.1. The minimum absolute atomic E-state index is 0.0879. The Bertz CT molecular complexity index is 1200. The zero-order valence-corrected chi connectivity index (χ0v) is 22.1. The van der Waals surface area contributed by atoms with E-state index in [1.165, 1.54) is 5.56 Å². The van der Waals surface area contributed by atoms with Crippen molar-refractivity contribution in [3.8, 4) is 0 Å². The van der Waals surface area contributed by atoms with Crippen molar-refractivity contribution in [1.29, 1.82) is 0 Å². The molecule has 7 nitrogen and oxygen atoms in total. The molecule has 4 rings (SSSR count). The molecule has 3 aromatic carbocycles. The van der Waals surface area contributed by atoms with E-state index < -0.39 is 11.9 Å². The molecule has 0 amide bonds. The largest absolute Gasteiger partial charge is 0.462 e. The number of rotatable bonds is 9. The van der Waals surface area contributed by atoms with Crippen LogP contribution < -0.4 is 4.90 Å². The monoisotopic (exact) mass is 513 g/mol. The molecule has 38 heavy (non-hydrogen) atoms. The lowest BCUT2D eigenvalue weighted by molar-refractivity contribution is -0.146. The Hall–Kier alpha value is -4.10. The van der Waals surface area contributed by atoms with Crippen molar-refractivity contribution in [2.75, 3.05) is 37.9 Å². The summed E-state index contributed by atoms with van der Waals surface area (Å²) in [7, 11) is 0. The normalized spacial score (nSPS) is 14.1. The van der Waals surface area contributed by atoms with Gasteiger partial charge in [-0.2, -0.15) is 0 Å². The van der Waals surface area contributed by atoms with Gasteiger partial charge in [-0.15, -0.1) is 0 Å². The van der Waals surface area contributed by atoms with Gasteiger partial charge in [-0.1, -0.05) is 78.9 Å². The summed E-state index contributed by atoms with van der Waals surface area (Å²) in [6, 6.07) is 30.2. The van der Waals surface area contributed by atoms with Gasteiger partial charge in [0.15, 0.2) is 5.57 Å². The number of carbonyl (C=O) groups excluding carboxylic acids is 2. The standard InChI is InChI=1S/C31H35N3O4/c1-3-37-30(35)28(31(36)38-4-2)29-33(23-26-16-10-6-11-17-26)21-20-32(22-25-14-8-5-9-15-25)24-34(29)27-18-12-7-13-19-27/h5-19H,3-4,20-24H2,1-2H3. The molecule has 1 saturated heterocycles. The first-order chi connectivity index (χ1) is 18.6. The topological polar surface area (TPSA) is 62.3 Å². The maximum atomic E-state index is 13.4. The summed E-state index contributed by atoms with van der Waals surface area (Å²) < 4.78 is 10.8. The fraction of sp³-hybridized carbons (Fsp3) is 0.290. The van der Waals surface area contributed by atoms with E-state index in [1.807, 2.05) is 83.8 Å². The van der Waals surface area contributed by atoms with Crippen molar-refractivity contribution in [3.63, 3.8) is 0 Å². The maximum Gasteiger partial charge on any atom is 0.349 e. The lowest BCUT2D eigenvalue weighted by atomic mass is 10.1. The average molecular weight is 514 g/mol. The molecule has 1 aliphatic rings. The molecule has 0 saturated carbocycles. The van der Waals surface area contributed by atoms with Gasteiger partial charge >= 0.3 is 11.9 Å². The smallest absolute Gasteiger partial charge is 0.349 e. The van der Waals surface area contributed by atoms with E-state index in [9.17, 15) is 9.59 Å². The van der Waals surface area contributed by atoms with Crippen LogP contribution >= 0.6 is 0 Å². The molecule has 0 atom stereocenters. The van der Waals surface area contributed by atoms with Gasteiger partial charge in [-0.3, -0.25) is 4.90 Å². The van der Waals surface area contributed by atoms with Crippen molar-refractivity contribution in [2.45, 2.75) is 26.9 Å². The second-order valence-electron chi connectivity index (χ2n) is 8.99. The van der Waals surface area contributed by atoms with Gasteiger partial charge in [0.05, 0.1) is 19.9 Å². The van der Waals surface area contributed by atoms with Crippen LogP contribution in [0.5, 0.6) is 0 Å². The van der Waals surface area contributed by atoms with Gasteiger partial charge in [0, 0.05) is 31.9 Å². The number of carbonyl (C=O) groups is 2. The van der Waals surface area contributed by atoms with Crippen molar-refractivity contribution >= 4 is 17.6 Å². The highest BCUT2D eigenvalue weighted by atomic mass is 16.6. The summed E-state index contributed by atoms with van der Waals surface area (Å²) in [5.41, 5.74) is 3.04. The van der Waals surface area contributed by atoms with Crippen molar-refractivity contribution in [2.24, 2.45) is 0 Å². The summed E-state index contributed by atoms with van der Waals surface area (Å²) in [6.45, 7) is 6.82. The van der Waals surface area contributed by atoms with Crippen LogP contribution in [0.2, 0.25) is 0 Å². The molecule has 0 aliphatic carbocycles. The first kappa shape index (κ1) is 26.9. The van der Waals surface area contributed by atoms with E-state index in [0.29, 0.717) is 25.6 Å². The Balaban J connectivity index is 1.87. The van der Waals surface area contributed by atoms with Crippen LogP contribution in [0.3, 0.4) is 0 Å². The van der Waals surface area contributed by atoms with Gasteiger partial charge < -0.3 is 19.3 Å². The molecule has 7 heteroatoms. The van der Waals surface area contributed by atoms with E-state index in [1.54, 1.807) is 13.8 Å². The molecule has 0 unspecified atom stereocenters. The van der Waals surface area contributed by atoms with E-state index in [-0.39, 0.29) is 18.8 Å². The van der Waals surface area contributed by atoms with Crippen molar-refractivity contribution < 1.29 is 19.1 Å². The highest BCUT2D eigenvalue weighted by Crippen LogP contribution is 2.30. The number of ether oxygens (including phenoxy) is 2. The van der Waals surface area contributed by atoms with Crippen LogP contribution in [-0.2, 0) is 32.2 Å². The van der Waals surface area contributed by atoms with Crippen molar-refractivity contribution in [3.05, 3.63) is 114 Å². The van der Waals surface area contributed by atoms with Crippen molar-refractivity contribution in [1.82, 2.24) is 9.80 Å². The lowest BCUT2D eigenvalue weighted by Crippen LogP contribution is -2.40. The van der Waals surface area contributed by atoms with Crippen LogP contribution in [0, 0.1) is 0 Å². The van der Waals surface area contributed by atoms with Crippen LogP contribution in [-0.4, -0.2) is 54.7 Å². The predicted octanol–water partition coefficient (Wildman–Crippen LogP) is 4.81. The van der Waals surface area contributed by atoms with Gasteiger partial charge in [0.2, 0.25) is 0 Å². The number of hydrogen-bond donors (Lipinski definition) is 0. The average Bonchev–Trinajstić information content (AvgIpc) is 3.10. The zero-order valence-electron chi connectivity index (χ0n) is 22.1.